The molecular weight excluding hydrogens is 168 g/mol. The first-order chi connectivity index (χ1) is 6.02. The molecule has 1 saturated heterocycles. The SMILES string of the molecule is CC(O)CN(C)C1CCN(C)C1=O. The van der Waals surface area contributed by atoms with Crippen molar-refractivity contribution in [2.24, 2.45) is 0 Å². The number of hydrogen-bond donors (Lipinski definition) is 1. The molecule has 0 spiro atoms. The first-order valence-electron chi connectivity index (χ1n) is 4.65. The van der Waals surface area contributed by atoms with Crippen LogP contribution < -0.4 is 0 Å². The third kappa shape index (κ3) is 2.42. The zero-order chi connectivity index (χ0) is 10.0. The molecule has 0 aromatic carbocycles. The summed E-state index contributed by atoms with van der Waals surface area (Å²) in [4.78, 5) is 15.2. The zero-order valence-corrected chi connectivity index (χ0v) is 8.53. The second-order valence-electron chi connectivity index (χ2n) is 3.85. The van der Waals surface area contributed by atoms with Gasteiger partial charge < -0.3 is 10.0 Å². The molecule has 1 rings (SSSR count). The van der Waals surface area contributed by atoms with E-state index in [1.165, 1.54) is 0 Å². The van der Waals surface area contributed by atoms with Crippen LogP contribution in [0.4, 0.5) is 0 Å². The van der Waals surface area contributed by atoms with Crippen LogP contribution in [0, 0.1) is 0 Å². The van der Waals surface area contributed by atoms with Crippen LogP contribution in [-0.2, 0) is 4.79 Å². The van der Waals surface area contributed by atoms with E-state index in [0.717, 1.165) is 13.0 Å². The third-order valence-corrected chi connectivity index (χ3v) is 2.48. The average Bonchev–Trinajstić information content (AvgIpc) is 2.31. The summed E-state index contributed by atoms with van der Waals surface area (Å²) in [7, 11) is 3.70. The highest BCUT2D eigenvalue weighted by Gasteiger charge is 2.32. The Hall–Kier alpha value is -0.610. The van der Waals surface area contributed by atoms with Gasteiger partial charge in [-0.05, 0) is 20.4 Å². The van der Waals surface area contributed by atoms with Crippen molar-refractivity contribution in [3.63, 3.8) is 0 Å². The van der Waals surface area contributed by atoms with Gasteiger partial charge in [0.15, 0.2) is 0 Å². The van der Waals surface area contributed by atoms with E-state index in [-0.39, 0.29) is 18.1 Å². The number of likely N-dealkylation sites (tertiary alicyclic amines) is 1. The smallest absolute Gasteiger partial charge is 0.239 e. The average molecular weight is 186 g/mol. The van der Waals surface area contributed by atoms with Crippen LogP contribution >= 0.6 is 0 Å². The third-order valence-electron chi connectivity index (χ3n) is 2.48. The molecule has 13 heavy (non-hydrogen) atoms. The molecule has 1 aliphatic heterocycles. The second-order valence-corrected chi connectivity index (χ2v) is 3.85. The Kier molecular flexibility index (Phi) is 3.27. The predicted octanol–water partition coefficient (Wildman–Crippen LogP) is -0.470. The summed E-state index contributed by atoms with van der Waals surface area (Å²) in [5.74, 6) is 0.170. The van der Waals surface area contributed by atoms with Gasteiger partial charge in [-0.15, -0.1) is 0 Å². The Balaban J connectivity index is 2.48. The number of aliphatic hydroxyl groups excluding tert-OH is 1. The lowest BCUT2D eigenvalue weighted by Crippen LogP contribution is -2.41. The number of nitrogens with zero attached hydrogens (tertiary/aromatic N) is 2. The lowest BCUT2D eigenvalue weighted by Gasteiger charge is -2.23. The van der Waals surface area contributed by atoms with Gasteiger partial charge in [-0.2, -0.15) is 0 Å². The highest BCUT2D eigenvalue weighted by molar-refractivity contribution is 5.83. The maximum Gasteiger partial charge on any atom is 0.239 e. The summed E-state index contributed by atoms with van der Waals surface area (Å²) in [6.45, 7) is 3.12. The van der Waals surface area contributed by atoms with Crippen LogP contribution in [-0.4, -0.2) is 60.1 Å². The fraction of sp³-hybridized carbons (Fsp3) is 0.889. The number of hydrogen-bond acceptors (Lipinski definition) is 3. The number of amides is 1. The van der Waals surface area contributed by atoms with Crippen LogP contribution in [0.15, 0.2) is 0 Å². The Labute approximate surface area is 79.1 Å². The largest absolute Gasteiger partial charge is 0.392 e. The monoisotopic (exact) mass is 186 g/mol. The molecule has 0 radical (unpaired) electrons. The Morgan fingerprint density at radius 1 is 1.77 bits per heavy atom. The summed E-state index contributed by atoms with van der Waals surface area (Å²) in [5, 5.41) is 9.17. The number of rotatable bonds is 3. The summed E-state index contributed by atoms with van der Waals surface area (Å²) < 4.78 is 0. The maximum absolute atomic E-state index is 11.5. The predicted molar refractivity (Wildman–Crippen MR) is 50.4 cm³/mol. The van der Waals surface area contributed by atoms with Crippen molar-refractivity contribution in [1.82, 2.24) is 9.80 Å². The van der Waals surface area contributed by atoms with Crippen molar-refractivity contribution < 1.29 is 9.90 Å². The first-order valence-corrected chi connectivity index (χ1v) is 4.65. The molecule has 1 N–H and O–H groups in total. The first kappa shape index (κ1) is 10.5. The molecule has 0 saturated carbocycles. The summed E-state index contributed by atoms with van der Waals surface area (Å²) in [5.41, 5.74) is 0. The van der Waals surface area contributed by atoms with Crippen LogP contribution in [0.1, 0.15) is 13.3 Å². The lowest BCUT2D eigenvalue weighted by atomic mass is 10.2. The van der Waals surface area contributed by atoms with Gasteiger partial charge in [-0.3, -0.25) is 9.69 Å². The molecule has 2 atom stereocenters. The van der Waals surface area contributed by atoms with Crippen molar-refractivity contribution in [2.45, 2.75) is 25.5 Å². The molecule has 0 aromatic rings. The highest BCUT2D eigenvalue weighted by atomic mass is 16.3. The fourth-order valence-corrected chi connectivity index (χ4v) is 1.76. The van der Waals surface area contributed by atoms with Crippen molar-refractivity contribution in [1.29, 1.82) is 0 Å². The Morgan fingerprint density at radius 3 is 2.77 bits per heavy atom. The molecule has 1 fully saturated rings. The minimum absolute atomic E-state index is 0.0281. The van der Waals surface area contributed by atoms with Crippen LogP contribution in [0.2, 0.25) is 0 Å². The van der Waals surface area contributed by atoms with Gasteiger partial charge in [0.05, 0.1) is 12.1 Å². The zero-order valence-electron chi connectivity index (χ0n) is 8.53. The highest BCUT2D eigenvalue weighted by Crippen LogP contribution is 2.14. The van der Waals surface area contributed by atoms with Gasteiger partial charge in [-0.1, -0.05) is 0 Å². The number of aliphatic hydroxyl groups is 1. The Morgan fingerprint density at radius 2 is 2.38 bits per heavy atom. The minimum atomic E-state index is -0.372. The van der Waals surface area contributed by atoms with E-state index < -0.39 is 0 Å². The van der Waals surface area contributed by atoms with E-state index in [1.807, 2.05) is 19.0 Å². The van der Waals surface area contributed by atoms with E-state index in [4.69, 9.17) is 5.11 Å². The number of carbonyl (C=O) groups excluding carboxylic acids is 1. The lowest BCUT2D eigenvalue weighted by molar-refractivity contribution is -0.130. The molecular formula is C9H18N2O2. The normalized spacial score (nSPS) is 25.8. The standard InChI is InChI=1S/C9H18N2O2/c1-7(12)6-11(3)8-4-5-10(2)9(8)13/h7-8,12H,4-6H2,1-3H3. The molecule has 4 nitrogen and oxygen atoms in total. The molecule has 4 heteroatoms. The fourth-order valence-electron chi connectivity index (χ4n) is 1.76. The molecule has 1 amide bonds. The molecule has 1 heterocycles. The molecule has 1 aliphatic rings. The van der Waals surface area contributed by atoms with Gasteiger partial charge in [0, 0.05) is 20.1 Å². The van der Waals surface area contributed by atoms with E-state index in [1.54, 1.807) is 11.8 Å². The Bertz CT molecular complexity index is 194. The van der Waals surface area contributed by atoms with Crippen molar-refractivity contribution >= 4 is 5.91 Å². The van der Waals surface area contributed by atoms with Crippen LogP contribution in [0.3, 0.4) is 0 Å². The molecule has 76 valence electrons. The number of carbonyl (C=O) groups is 1. The van der Waals surface area contributed by atoms with Crippen LogP contribution in [0.25, 0.3) is 0 Å². The van der Waals surface area contributed by atoms with Crippen molar-refractivity contribution in [2.75, 3.05) is 27.2 Å². The number of likely N-dealkylation sites (N-methyl/N-ethyl adjacent to an activating group) is 2. The molecule has 0 aromatic heterocycles. The van der Waals surface area contributed by atoms with Crippen molar-refractivity contribution in [3.8, 4) is 0 Å². The van der Waals surface area contributed by atoms with Gasteiger partial charge in [0.2, 0.25) is 5.91 Å². The van der Waals surface area contributed by atoms with E-state index in [9.17, 15) is 4.79 Å². The summed E-state index contributed by atoms with van der Waals surface area (Å²) in [6.07, 6.45) is 0.502. The van der Waals surface area contributed by atoms with Gasteiger partial charge in [0.1, 0.15) is 0 Å². The topological polar surface area (TPSA) is 43.8 Å². The van der Waals surface area contributed by atoms with E-state index in [0.29, 0.717) is 6.54 Å². The maximum atomic E-state index is 11.5. The van der Waals surface area contributed by atoms with E-state index in [2.05, 4.69) is 0 Å². The van der Waals surface area contributed by atoms with E-state index >= 15 is 0 Å². The second kappa shape index (κ2) is 4.07. The summed E-state index contributed by atoms with van der Waals surface area (Å²) in [6, 6.07) is -0.0281. The van der Waals surface area contributed by atoms with Gasteiger partial charge >= 0.3 is 0 Å². The molecule has 0 aliphatic carbocycles. The van der Waals surface area contributed by atoms with Crippen LogP contribution in [0.5, 0.6) is 0 Å². The van der Waals surface area contributed by atoms with Gasteiger partial charge in [-0.25, -0.2) is 0 Å². The quantitative estimate of drug-likeness (QED) is 0.648. The van der Waals surface area contributed by atoms with Gasteiger partial charge in [0.25, 0.3) is 0 Å². The molecule has 2 unspecified atom stereocenters. The van der Waals surface area contributed by atoms with Crippen molar-refractivity contribution in [3.05, 3.63) is 0 Å². The molecule has 0 bridgehead atoms. The summed E-state index contributed by atoms with van der Waals surface area (Å²) >= 11 is 0. The minimum Gasteiger partial charge on any atom is -0.392 e.